The Balaban J connectivity index is 1.99. The maximum Gasteiger partial charge on any atom is 0.249 e. The van der Waals surface area contributed by atoms with Crippen molar-refractivity contribution in [2.45, 2.75) is 6.42 Å². The Morgan fingerprint density at radius 3 is 2.68 bits per heavy atom. The van der Waals surface area contributed by atoms with Crippen molar-refractivity contribution in [3.63, 3.8) is 0 Å². The molecule has 0 aliphatic carbocycles. The van der Waals surface area contributed by atoms with Gasteiger partial charge in [0.1, 0.15) is 0 Å². The van der Waals surface area contributed by atoms with Gasteiger partial charge in [0.2, 0.25) is 5.91 Å². The fourth-order valence-corrected chi connectivity index (χ4v) is 2.30. The Kier molecular flexibility index (Phi) is 5.91. The van der Waals surface area contributed by atoms with Gasteiger partial charge in [0, 0.05) is 34.6 Å². The maximum atomic E-state index is 12.2. The van der Waals surface area contributed by atoms with Gasteiger partial charge in [-0.3, -0.25) is 9.59 Å². The second-order valence-corrected chi connectivity index (χ2v) is 5.74. The lowest BCUT2D eigenvalue weighted by molar-refractivity contribution is -0.117. The molecule has 2 N–H and O–H groups in total. The zero-order chi connectivity index (χ0) is 15.9. The summed E-state index contributed by atoms with van der Waals surface area (Å²) in [6.45, 7) is 0.299. The van der Waals surface area contributed by atoms with Crippen molar-refractivity contribution in [2.24, 2.45) is 0 Å². The molecule has 6 heteroatoms. The molecule has 0 saturated heterocycles. The minimum absolute atomic E-state index is 0.0228. The van der Waals surface area contributed by atoms with Crippen molar-refractivity contribution < 1.29 is 14.7 Å². The first-order chi connectivity index (χ1) is 10.6. The number of halogens is 1. The van der Waals surface area contributed by atoms with Crippen molar-refractivity contribution in [1.82, 2.24) is 10.2 Å². The van der Waals surface area contributed by atoms with Crippen LogP contribution >= 0.6 is 15.9 Å². The number of aliphatic hydroxyl groups is 1. The molecule has 0 spiro atoms. The summed E-state index contributed by atoms with van der Waals surface area (Å²) in [4.78, 5) is 25.8. The van der Waals surface area contributed by atoms with Crippen molar-refractivity contribution in [2.75, 3.05) is 19.7 Å². The molecule has 1 aliphatic heterocycles. The monoisotopic (exact) mass is 364 g/mol. The normalized spacial score (nSPS) is 13.7. The Bertz CT molecular complexity index is 608. The predicted molar refractivity (Wildman–Crippen MR) is 87.1 cm³/mol. The van der Waals surface area contributed by atoms with Crippen molar-refractivity contribution >= 4 is 27.6 Å². The molecule has 0 radical (unpaired) electrons. The number of carbonyl (C=O) groups is 2. The quantitative estimate of drug-likeness (QED) is 0.755. The third-order valence-electron chi connectivity index (χ3n) is 3.14. The van der Waals surface area contributed by atoms with E-state index in [0.29, 0.717) is 17.6 Å². The van der Waals surface area contributed by atoms with E-state index in [1.807, 2.05) is 18.2 Å². The van der Waals surface area contributed by atoms with Gasteiger partial charge in [-0.1, -0.05) is 34.1 Å². The minimum atomic E-state index is -0.223. The van der Waals surface area contributed by atoms with Crippen molar-refractivity contribution in [3.8, 4) is 0 Å². The topological polar surface area (TPSA) is 69.6 Å². The summed E-state index contributed by atoms with van der Waals surface area (Å²) in [6, 6.07) is 7.17. The van der Waals surface area contributed by atoms with E-state index in [0.717, 1.165) is 4.47 Å². The third kappa shape index (κ3) is 4.54. The van der Waals surface area contributed by atoms with Crippen LogP contribution in [0.4, 0.5) is 0 Å². The number of allylic oxidation sites excluding steroid dienone is 1. The van der Waals surface area contributed by atoms with Crippen LogP contribution in [-0.4, -0.2) is 41.4 Å². The Hall–Kier alpha value is -1.92. The Morgan fingerprint density at radius 2 is 2.00 bits per heavy atom. The highest BCUT2D eigenvalue weighted by atomic mass is 79.9. The van der Waals surface area contributed by atoms with Crippen LogP contribution in [-0.2, 0) is 4.79 Å². The summed E-state index contributed by atoms with van der Waals surface area (Å²) < 4.78 is 0.921. The summed E-state index contributed by atoms with van der Waals surface area (Å²) in [7, 11) is 0. The highest BCUT2D eigenvalue weighted by Crippen LogP contribution is 2.15. The number of carbonyl (C=O) groups excluding carboxylic acids is 2. The molecule has 0 unspecified atom stereocenters. The van der Waals surface area contributed by atoms with Gasteiger partial charge >= 0.3 is 0 Å². The molecular weight excluding hydrogens is 348 g/mol. The van der Waals surface area contributed by atoms with Gasteiger partial charge in [-0.05, 0) is 18.6 Å². The summed E-state index contributed by atoms with van der Waals surface area (Å²) in [5.41, 5.74) is 1.20. The largest absolute Gasteiger partial charge is 0.395 e. The van der Waals surface area contributed by atoms with E-state index in [1.165, 1.54) is 0 Å². The van der Waals surface area contributed by atoms with Gasteiger partial charge in [0.15, 0.2) is 5.78 Å². The molecule has 1 heterocycles. The van der Waals surface area contributed by atoms with E-state index in [2.05, 4.69) is 21.2 Å². The standard InChI is InChI=1S/C16H17BrN2O3/c17-14-5-3-12(4-6-14)15(21)11-19-8-1-2-13(10-19)16(22)18-7-9-20/h1,3-6,8,10,20H,2,7,9,11H2,(H,18,22). The molecule has 22 heavy (non-hydrogen) atoms. The summed E-state index contributed by atoms with van der Waals surface area (Å²) in [6.07, 6.45) is 5.81. The smallest absolute Gasteiger partial charge is 0.249 e. The molecule has 0 fully saturated rings. The second-order valence-electron chi connectivity index (χ2n) is 4.83. The van der Waals surface area contributed by atoms with E-state index in [1.54, 1.807) is 29.4 Å². The summed E-state index contributed by atoms with van der Waals surface area (Å²) >= 11 is 3.33. The van der Waals surface area contributed by atoms with Gasteiger partial charge in [0.25, 0.3) is 0 Å². The lowest BCUT2D eigenvalue weighted by Gasteiger charge is -2.20. The van der Waals surface area contributed by atoms with Crippen LogP contribution in [0.15, 0.2) is 52.8 Å². The first kappa shape index (κ1) is 16.5. The van der Waals surface area contributed by atoms with Crippen LogP contribution in [0.5, 0.6) is 0 Å². The molecule has 2 rings (SSSR count). The molecule has 1 aromatic carbocycles. The van der Waals surface area contributed by atoms with Gasteiger partial charge in [-0.15, -0.1) is 0 Å². The molecule has 0 aromatic heterocycles. The predicted octanol–water partition coefficient (Wildman–Crippen LogP) is 1.84. The van der Waals surface area contributed by atoms with Crippen LogP contribution in [0.1, 0.15) is 16.8 Å². The zero-order valence-electron chi connectivity index (χ0n) is 12.0. The summed E-state index contributed by atoms with van der Waals surface area (Å²) in [5.74, 6) is -0.245. The molecule has 116 valence electrons. The van der Waals surface area contributed by atoms with Crippen LogP contribution in [0.3, 0.4) is 0 Å². The van der Waals surface area contributed by atoms with Crippen LogP contribution in [0.2, 0.25) is 0 Å². The molecule has 1 amide bonds. The first-order valence-corrected chi connectivity index (χ1v) is 7.70. The van der Waals surface area contributed by atoms with Gasteiger partial charge in [-0.25, -0.2) is 0 Å². The number of ketones is 1. The Labute approximate surface area is 137 Å². The minimum Gasteiger partial charge on any atom is -0.395 e. The molecule has 0 atom stereocenters. The number of aliphatic hydroxyl groups excluding tert-OH is 1. The lowest BCUT2D eigenvalue weighted by Crippen LogP contribution is -2.30. The molecular formula is C16H17BrN2O3. The first-order valence-electron chi connectivity index (χ1n) is 6.91. The lowest BCUT2D eigenvalue weighted by atomic mass is 10.1. The van der Waals surface area contributed by atoms with E-state index in [9.17, 15) is 9.59 Å². The highest BCUT2D eigenvalue weighted by Gasteiger charge is 2.15. The zero-order valence-corrected chi connectivity index (χ0v) is 13.5. The molecule has 1 aromatic rings. The number of hydrogen-bond donors (Lipinski definition) is 2. The van der Waals surface area contributed by atoms with Crippen molar-refractivity contribution in [1.29, 1.82) is 0 Å². The number of Topliss-reactive ketones (excluding diaryl/α,β-unsaturated/α-hetero) is 1. The number of benzene rings is 1. The van der Waals surface area contributed by atoms with Gasteiger partial charge < -0.3 is 15.3 Å². The second kappa shape index (κ2) is 7.91. The third-order valence-corrected chi connectivity index (χ3v) is 3.67. The summed E-state index contributed by atoms with van der Waals surface area (Å²) in [5, 5.41) is 11.3. The van der Waals surface area contributed by atoms with Gasteiger partial charge in [-0.2, -0.15) is 0 Å². The number of hydrogen-bond acceptors (Lipinski definition) is 4. The van der Waals surface area contributed by atoms with Gasteiger partial charge in [0.05, 0.1) is 13.2 Å². The van der Waals surface area contributed by atoms with Crippen LogP contribution < -0.4 is 5.32 Å². The number of amides is 1. The fraction of sp³-hybridized carbons (Fsp3) is 0.250. The number of nitrogens with zero attached hydrogens (tertiary/aromatic N) is 1. The average molecular weight is 365 g/mol. The van der Waals surface area contributed by atoms with Crippen molar-refractivity contribution in [3.05, 3.63) is 58.4 Å². The van der Waals surface area contributed by atoms with E-state index in [-0.39, 0.29) is 31.4 Å². The molecule has 0 saturated carbocycles. The van der Waals surface area contributed by atoms with Crippen LogP contribution in [0.25, 0.3) is 0 Å². The average Bonchev–Trinajstić information content (AvgIpc) is 2.53. The Morgan fingerprint density at radius 1 is 1.27 bits per heavy atom. The molecule has 5 nitrogen and oxygen atoms in total. The van der Waals surface area contributed by atoms with E-state index in [4.69, 9.17) is 5.11 Å². The fourth-order valence-electron chi connectivity index (χ4n) is 2.04. The number of nitrogens with one attached hydrogen (secondary N) is 1. The molecule has 1 aliphatic rings. The van der Waals surface area contributed by atoms with E-state index < -0.39 is 0 Å². The highest BCUT2D eigenvalue weighted by molar-refractivity contribution is 9.10. The van der Waals surface area contributed by atoms with E-state index >= 15 is 0 Å². The SMILES string of the molecule is O=C(NCCO)C1=CN(CC(=O)c2ccc(Br)cc2)C=CC1. The maximum absolute atomic E-state index is 12.2. The number of rotatable bonds is 6. The van der Waals surface area contributed by atoms with Crippen LogP contribution in [0, 0.1) is 0 Å². The molecule has 0 bridgehead atoms.